The van der Waals surface area contributed by atoms with Gasteiger partial charge in [-0.05, 0) is 22.9 Å². The molecular formula is C11H15N3O4. The second-order valence-corrected chi connectivity index (χ2v) is 4.38. The zero-order valence-electron chi connectivity index (χ0n) is 10.00. The molecule has 2 N–H and O–H groups in total. The Morgan fingerprint density at radius 3 is 3.00 bits per heavy atom. The summed E-state index contributed by atoms with van der Waals surface area (Å²) in [5.41, 5.74) is -0.268. The van der Waals surface area contributed by atoms with E-state index < -0.39 is 10.5 Å². The molecule has 2 heterocycles. The third-order valence-corrected chi connectivity index (χ3v) is 3.19. The van der Waals surface area contributed by atoms with E-state index >= 15 is 0 Å². The molecule has 1 saturated heterocycles. The van der Waals surface area contributed by atoms with Crippen molar-refractivity contribution in [3.05, 3.63) is 28.4 Å². The molecule has 0 bridgehead atoms. The third kappa shape index (κ3) is 2.57. The molecule has 0 spiro atoms. The number of rotatable bonds is 4. The van der Waals surface area contributed by atoms with Gasteiger partial charge in [-0.15, -0.1) is 0 Å². The number of nitrogens with zero attached hydrogens (tertiary/aromatic N) is 2. The Bertz CT molecular complexity index is 436. The van der Waals surface area contributed by atoms with Crippen molar-refractivity contribution in [2.45, 2.75) is 25.0 Å². The quantitative estimate of drug-likeness (QED) is 0.612. The first kappa shape index (κ1) is 12.7. The molecule has 2 unspecified atom stereocenters. The van der Waals surface area contributed by atoms with Gasteiger partial charge >= 0.3 is 5.82 Å². The molecule has 1 aliphatic rings. The molecule has 2 atom stereocenters. The normalized spacial score (nSPS) is 27.1. The standard InChI is InChI=1S/C11H15N3O4/c1-8-11(15,4-5-18-8)7-13-9-2-3-10(12-6-9)14(16)17/h2-3,6,8,13,15H,4-5,7H2,1H3. The monoisotopic (exact) mass is 253 g/mol. The van der Waals surface area contributed by atoms with Crippen LogP contribution in [0.15, 0.2) is 18.3 Å². The summed E-state index contributed by atoms with van der Waals surface area (Å²) in [4.78, 5) is 13.6. The number of hydrogen-bond acceptors (Lipinski definition) is 6. The average molecular weight is 253 g/mol. The van der Waals surface area contributed by atoms with Gasteiger partial charge in [-0.25, -0.2) is 0 Å². The van der Waals surface area contributed by atoms with Gasteiger partial charge in [-0.1, -0.05) is 0 Å². The lowest BCUT2D eigenvalue weighted by molar-refractivity contribution is -0.389. The van der Waals surface area contributed by atoms with Crippen LogP contribution in [0.1, 0.15) is 13.3 Å². The van der Waals surface area contributed by atoms with E-state index in [0.29, 0.717) is 25.3 Å². The SMILES string of the molecule is CC1OCCC1(O)CNc1ccc([N+](=O)[O-])nc1. The lowest BCUT2D eigenvalue weighted by Crippen LogP contribution is -2.43. The van der Waals surface area contributed by atoms with Crippen LogP contribution in [-0.2, 0) is 4.74 Å². The van der Waals surface area contributed by atoms with Crippen LogP contribution in [0.5, 0.6) is 0 Å². The van der Waals surface area contributed by atoms with E-state index in [1.165, 1.54) is 12.3 Å². The number of aliphatic hydroxyl groups is 1. The smallest absolute Gasteiger partial charge is 0.363 e. The summed E-state index contributed by atoms with van der Waals surface area (Å²) in [6.07, 6.45) is 1.72. The van der Waals surface area contributed by atoms with Crippen molar-refractivity contribution in [1.82, 2.24) is 4.98 Å². The molecule has 1 aliphatic heterocycles. The van der Waals surface area contributed by atoms with Crippen molar-refractivity contribution in [2.24, 2.45) is 0 Å². The van der Waals surface area contributed by atoms with Gasteiger partial charge in [-0.3, -0.25) is 0 Å². The largest absolute Gasteiger partial charge is 0.385 e. The summed E-state index contributed by atoms with van der Waals surface area (Å²) in [5.74, 6) is -0.197. The van der Waals surface area contributed by atoms with E-state index in [4.69, 9.17) is 4.74 Å². The molecule has 0 aliphatic carbocycles. The van der Waals surface area contributed by atoms with Crippen LogP contribution in [0.4, 0.5) is 11.5 Å². The Kier molecular flexibility index (Phi) is 3.44. The predicted molar refractivity (Wildman–Crippen MR) is 64.4 cm³/mol. The summed E-state index contributed by atoms with van der Waals surface area (Å²) < 4.78 is 5.31. The van der Waals surface area contributed by atoms with E-state index in [9.17, 15) is 15.2 Å². The lowest BCUT2D eigenvalue weighted by atomic mass is 9.97. The van der Waals surface area contributed by atoms with Gasteiger partial charge < -0.3 is 25.3 Å². The minimum absolute atomic E-state index is 0.197. The predicted octanol–water partition coefficient (Wildman–Crippen LogP) is 0.942. The van der Waals surface area contributed by atoms with Crippen molar-refractivity contribution in [1.29, 1.82) is 0 Å². The van der Waals surface area contributed by atoms with Gasteiger partial charge in [0.2, 0.25) is 0 Å². The molecule has 0 saturated carbocycles. The molecule has 7 nitrogen and oxygen atoms in total. The van der Waals surface area contributed by atoms with Gasteiger partial charge in [0.05, 0.1) is 11.8 Å². The first-order chi connectivity index (χ1) is 8.51. The number of pyridine rings is 1. The highest BCUT2D eigenvalue weighted by Gasteiger charge is 2.39. The minimum atomic E-state index is -0.901. The topological polar surface area (TPSA) is 97.5 Å². The maximum Gasteiger partial charge on any atom is 0.363 e. The molecule has 0 amide bonds. The highest BCUT2D eigenvalue weighted by molar-refractivity contribution is 5.43. The fraction of sp³-hybridized carbons (Fsp3) is 0.545. The Balaban J connectivity index is 1.96. The van der Waals surface area contributed by atoms with Gasteiger partial charge in [0, 0.05) is 25.6 Å². The molecule has 18 heavy (non-hydrogen) atoms. The molecule has 2 rings (SSSR count). The number of hydrogen-bond donors (Lipinski definition) is 2. The fourth-order valence-electron chi connectivity index (χ4n) is 1.86. The molecule has 98 valence electrons. The average Bonchev–Trinajstić information content (AvgIpc) is 2.68. The number of aromatic nitrogens is 1. The van der Waals surface area contributed by atoms with Gasteiger partial charge in [-0.2, -0.15) is 0 Å². The maximum atomic E-state index is 10.4. The first-order valence-electron chi connectivity index (χ1n) is 5.69. The van der Waals surface area contributed by atoms with Crippen LogP contribution >= 0.6 is 0 Å². The van der Waals surface area contributed by atoms with Gasteiger partial charge in [0.1, 0.15) is 5.60 Å². The second kappa shape index (κ2) is 4.87. The Morgan fingerprint density at radius 2 is 2.50 bits per heavy atom. The molecule has 0 aromatic carbocycles. The van der Waals surface area contributed by atoms with Crippen LogP contribution in [0.25, 0.3) is 0 Å². The molecule has 1 aromatic heterocycles. The highest BCUT2D eigenvalue weighted by atomic mass is 16.6. The number of nitro groups is 1. The van der Waals surface area contributed by atoms with Crippen LogP contribution < -0.4 is 5.32 Å². The highest BCUT2D eigenvalue weighted by Crippen LogP contribution is 2.26. The zero-order valence-corrected chi connectivity index (χ0v) is 10.00. The maximum absolute atomic E-state index is 10.4. The van der Waals surface area contributed by atoms with Crippen LogP contribution in [0.2, 0.25) is 0 Å². The van der Waals surface area contributed by atoms with Gasteiger partial charge in [0.25, 0.3) is 0 Å². The summed E-state index contributed by atoms with van der Waals surface area (Å²) >= 11 is 0. The van der Waals surface area contributed by atoms with E-state index in [1.54, 1.807) is 6.07 Å². The van der Waals surface area contributed by atoms with E-state index in [2.05, 4.69) is 10.3 Å². The minimum Gasteiger partial charge on any atom is -0.385 e. The molecular weight excluding hydrogens is 238 g/mol. The zero-order chi connectivity index (χ0) is 13.2. The number of anilines is 1. The number of ether oxygens (including phenoxy) is 1. The number of nitrogens with one attached hydrogen (secondary N) is 1. The van der Waals surface area contributed by atoms with Crippen molar-refractivity contribution in [3.63, 3.8) is 0 Å². The summed E-state index contributed by atoms with van der Waals surface area (Å²) in [6.45, 7) is 2.69. The summed E-state index contributed by atoms with van der Waals surface area (Å²) in [7, 11) is 0. The molecule has 1 aromatic rings. The molecule has 1 fully saturated rings. The van der Waals surface area contributed by atoms with Gasteiger partial charge in [0.15, 0.2) is 6.20 Å². The summed E-state index contributed by atoms with van der Waals surface area (Å²) in [6, 6.07) is 2.88. The fourth-order valence-corrected chi connectivity index (χ4v) is 1.86. The van der Waals surface area contributed by atoms with Crippen molar-refractivity contribution in [3.8, 4) is 0 Å². The van der Waals surface area contributed by atoms with E-state index in [1.807, 2.05) is 6.92 Å². The van der Waals surface area contributed by atoms with E-state index in [0.717, 1.165) is 0 Å². The Labute approximate surface area is 104 Å². The second-order valence-electron chi connectivity index (χ2n) is 4.38. The van der Waals surface area contributed by atoms with Crippen LogP contribution in [0, 0.1) is 10.1 Å². The summed E-state index contributed by atoms with van der Waals surface area (Å²) in [5, 5.41) is 23.7. The van der Waals surface area contributed by atoms with Crippen molar-refractivity contribution >= 4 is 11.5 Å². The Morgan fingerprint density at radius 1 is 1.72 bits per heavy atom. The third-order valence-electron chi connectivity index (χ3n) is 3.19. The van der Waals surface area contributed by atoms with E-state index in [-0.39, 0.29) is 11.9 Å². The van der Waals surface area contributed by atoms with Crippen LogP contribution in [-0.4, -0.2) is 39.9 Å². The Hall–Kier alpha value is -1.73. The van der Waals surface area contributed by atoms with Crippen LogP contribution in [0.3, 0.4) is 0 Å². The van der Waals surface area contributed by atoms with Crippen molar-refractivity contribution in [2.75, 3.05) is 18.5 Å². The lowest BCUT2D eigenvalue weighted by Gasteiger charge is -2.26. The molecule has 0 radical (unpaired) electrons. The van der Waals surface area contributed by atoms with Crippen molar-refractivity contribution < 1.29 is 14.8 Å². The first-order valence-corrected chi connectivity index (χ1v) is 5.69. The molecule has 7 heteroatoms.